The number of nitriles is 1. The van der Waals surface area contributed by atoms with Crippen LogP contribution in [0.4, 0.5) is 0 Å². The molecular formula is C6H4N4. The molecule has 1 rings (SSSR count). The molecule has 0 spiro atoms. The lowest BCUT2D eigenvalue weighted by atomic mass is 10.4. The third-order valence-electron chi connectivity index (χ3n) is 0.789. The molecule has 0 radical (unpaired) electrons. The van der Waals surface area contributed by atoms with Gasteiger partial charge in [0, 0.05) is 0 Å². The van der Waals surface area contributed by atoms with Crippen molar-refractivity contribution in [2.24, 2.45) is 0 Å². The number of aromatic amines is 1. The molecule has 0 aromatic carbocycles. The van der Waals surface area contributed by atoms with Crippen LogP contribution < -0.4 is 0 Å². The molecule has 0 saturated heterocycles. The van der Waals surface area contributed by atoms with E-state index in [0.717, 1.165) is 0 Å². The molecule has 0 fully saturated rings. The lowest BCUT2D eigenvalue weighted by Crippen LogP contribution is -1.75. The minimum atomic E-state index is 0.223. The molecule has 48 valence electrons. The summed E-state index contributed by atoms with van der Waals surface area (Å²) in [7, 11) is 0. The SMILES string of the molecule is N#CCC#Cc1ncn[nH]1. The van der Waals surface area contributed by atoms with Crippen molar-refractivity contribution >= 4 is 0 Å². The predicted octanol–water partition coefficient (Wildman–Crippen LogP) is 0.0699. The fourth-order valence-corrected chi connectivity index (χ4v) is 0.433. The fraction of sp³-hybridized carbons (Fsp3) is 0.167. The lowest BCUT2D eigenvalue weighted by Gasteiger charge is -1.71. The van der Waals surface area contributed by atoms with Crippen LogP contribution in [0.5, 0.6) is 0 Å². The standard InChI is InChI=1S/C6H4N4/c7-4-2-1-3-6-8-5-9-10-6/h5H,2H2,(H,8,9,10). The van der Waals surface area contributed by atoms with E-state index in [9.17, 15) is 0 Å². The number of hydrogen-bond acceptors (Lipinski definition) is 3. The van der Waals surface area contributed by atoms with Crippen LogP contribution >= 0.6 is 0 Å². The fourth-order valence-electron chi connectivity index (χ4n) is 0.433. The van der Waals surface area contributed by atoms with Gasteiger partial charge in [-0.15, -0.1) is 0 Å². The molecule has 0 unspecified atom stereocenters. The van der Waals surface area contributed by atoms with Crippen LogP contribution in [0.1, 0.15) is 12.2 Å². The Balaban J connectivity index is 2.59. The normalized spacial score (nSPS) is 7.50. The van der Waals surface area contributed by atoms with Crippen molar-refractivity contribution in [1.29, 1.82) is 5.26 Å². The smallest absolute Gasteiger partial charge is 0.200 e. The van der Waals surface area contributed by atoms with Crippen LogP contribution in [0.15, 0.2) is 6.33 Å². The van der Waals surface area contributed by atoms with E-state index in [1.54, 1.807) is 0 Å². The Bertz CT molecular complexity index is 282. The van der Waals surface area contributed by atoms with Crippen LogP contribution in [0, 0.1) is 23.2 Å². The van der Waals surface area contributed by atoms with E-state index in [1.807, 2.05) is 6.07 Å². The third-order valence-corrected chi connectivity index (χ3v) is 0.789. The zero-order valence-corrected chi connectivity index (χ0v) is 5.13. The maximum Gasteiger partial charge on any atom is 0.200 e. The summed E-state index contributed by atoms with van der Waals surface area (Å²) in [6, 6.07) is 1.89. The first-order chi connectivity index (χ1) is 4.93. The quantitative estimate of drug-likeness (QED) is 0.508. The highest BCUT2D eigenvalue weighted by molar-refractivity contribution is 5.19. The molecule has 1 N–H and O–H groups in total. The van der Waals surface area contributed by atoms with Crippen LogP contribution in [0.25, 0.3) is 0 Å². The summed E-state index contributed by atoms with van der Waals surface area (Å²) in [6.07, 6.45) is 1.59. The number of rotatable bonds is 0. The molecule has 0 aliphatic heterocycles. The van der Waals surface area contributed by atoms with Crippen molar-refractivity contribution in [2.45, 2.75) is 6.42 Å². The first-order valence-corrected chi connectivity index (χ1v) is 2.64. The second kappa shape index (κ2) is 3.26. The summed E-state index contributed by atoms with van der Waals surface area (Å²) in [5.41, 5.74) is 0. The highest BCUT2D eigenvalue weighted by Gasteiger charge is 1.83. The first kappa shape index (κ1) is 6.31. The van der Waals surface area contributed by atoms with E-state index < -0.39 is 0 Å². The molecule has 0 aliphatic rings. The molecule has 1 heterocycles. The molecule has 0 aliphatic carbocycles. The van der Waals surface area contributed by atoms with Gasteiger partial charge in [0.15, 0.2) is 0 Å². The van der Waals surface area contributed by atoms with Gasteiger partial charge in [0.05, 0.1) is 12.5 Å². The van der Waals surface area contributed by atoms with Gasteiger partial charge in [0.2, 0.25) is 5.82 Å². The topological polar surface area (TPSA) is 65.4 Å². The van der Waals surface area contributed by atoms with Crippen molar-refractivity contribution in [1.82, 2.24) is 15.2 Å². The molecule has 0 atom stereocenters. The van der Waals surface area contributed by atoms with Gasteiger partial charge in [-0.1, -0.05) is 5.92 Å². The van der Waals surface area contributed by atoms with E-state index >= 15 is 0 Å². The Hall–Kier alpha value is -1.81. The van der Waals surface area contributed by atoms with Crippen molar-refractivity contribution in [2.75, 3.05) is 0 Å². The Kier molecular flexibility index (Phi) is 2.06. The number of nitrogens with zero attached hydrogens (tertiary/aromatic N) is 3. The lowest BCUT2D eigenvalue weighted by molar-refractivity contribution is 1.08. The van der Waals surface area contributed by atoms with Gasteiger partial charge in [0.25, 0.3) is 0 Å². The highest BCUT2D eigenvalue weighted by atomic mass is 15.2. The summed E-state index contributed by atoms with van der Waals surface area (Å²) in [4.78, 5) is 3.74. The Morgan fingerprint density at radius 3 is 3.20 bits per heavy atom. The molecule has 10 heavy (non-hydrogen) atoms. The number of H-pyrrole nitrogens is 1. The summed E-state index contributed by atoms with van der Waals surface area (Å²) < 4.78 is 0. The molecule has 1 aromatic rings. The van der Waals surface area contributed by atoms with Crippen molar-refractivity contribution in [3.8, 4) is 17.9 Å². The predicted molar refractivity (Wildman–Crippen MR) is 33.5 cm³/mol. The number of nitrogens with one attached hydrogen (secondary N) is 1. The van der Waals surface area contributed by atoms with Crippen molar-refractivity contribution < 1.29 is 0 Å². The molecule has 1 aromatic heterocycles. The maximum atomic E-state index is 8.10. The second-order valence-electron chi connectivity index (χ2n) is 1.47. The monoisotopic (exact) mass is 132 g/mol. The van der Waals surface area contributed by atoms with Crippen molar-refractivity contribution in [3.63, 3.8) is 0 Å². The summed E-state index contributed by atoms with van der Waals surface area (Å²) in [6.45, 7) is 0. The van der Waals surface area contributed by atoms with E-state index in [2.05, 4.69) is 27.0 Å². The van der Waals surface area contributed by atoms with E-state index in [1.165, 1.54) is 6.33 Å². The molecule has 0 bridgehead atoms. The largest absolute Gasteiger partial charge is 0.253 e. The molecule has 0 amide bonds. The molecule has 4 heteroatoms. The van der Waals surface area contributed by atoms with Gasteiger partial charge < -0.3 is 0 Å². The molecule has 0 saturated carbocycles. The van der Waals surface area contributed by atoms with Gasteiger partial charge in [-0.05, 0) is 5.92 Å². The maximum absolute atomic E-state index is 8.10. The Labute approximate surface area is 57.9 Å². The average Bonchev–Trinajstić information content (AvgIpc) is 2.41. The molecule has 4 nitrogen and oxygen atoms in total. The van der Waals surface area contributed by atoms with Crippen LogP contribution in [0.2, 0.25) is 0 Å². The van der Waals surface area contributed by atoms with Crippen LogP contribution in [0.3, 0.4) is 0 Å². The van der Waals surface area contributed by atoms with Gasteiger partial charge in [-0.25, -0.2) is 4.98 Å². The summed E-state index contributed by atoms with van der Waals surface area (Å²) in [5, 5.41) is 14.2. The van der Waals surface area contributed by atoms with Gasteiger partial charge in [0.1, 0.15) is 6.33 Å². The number of aromatic nitrogens is 3. The Morgan fingerprint density at radius 2 is 2.60 bits per heavy atom. The van der Waals surface area contributed by atoms with E-state index in [-0.39, 0.29) is 6.42 Å². The van der Waals surface area contributed by atoms with E-state index in [4.69, 9.17) is 5.26 Å². The molecular weight excluding hydrogens is 128 g/mol. The third kappa shape index (κ3) is 1.61. The van der Waals surface area contributed by atoms with Gasteiger partial charge in [-0.2, -0.15) is 10.4 Å². The van der Waals surface area contributed by atoms with Gasteiger partial charge >= 0.3 is 0 Å². The average molecular weight is 132 g/mol. The minimum absolute atomic E-state index is 0.223. The zero-order chi connectivity index (χ0) is 7.23. The minimum Gasteiger partial charge on any atom is -0.253 e. The first-order valence-electron chi connectivity index (χ1n) is 2.64. The second-order valence-corrected chi connectivity index (χ2v) is 1.47. The summed E-state index contributed by atoms with van der Waals surface area (Å²) in [5.74, 6) is 5.71. The van der Waals surface area contributed by atoms with E-state index in [0.29, 0.717) is 5.82 Å². The van der Waals surface area contributed by atoms with Crippen LogP contribution in [-0.2, 0) is 0 Å². The highest BCUT2D eigenvalue weighted by Crippen LogP contribution is 1.79. The van der Waals surface area contributed by atoms with Crippen molar-refractivity contribution in [3.05, 3.63) is 12.2 Å². The van der Waals surface area contributed by atoms with Crippen LogP contribution in [-0.4, -0.2) is 15.2 Å². The van der Waals surface area contributed by atoms with Gasteiger partial charge in [-0.3, -0.25) is 5.10 Å². The summed E-state index contributed by atoms with van der Waals surface area (Å²) >= 11 is 0. The Morgan fingerprint density at radius 1 is 1.70 bits per heavy atom. The number of hydrogen-bond donors (Lipinski definition) is 1. The zero-order valence-electron chi connectivity index (χ0n) is 5.13.